The standard InChI is InChI=1S/C33H34O7/c1-14-6-27(34)20-7-19(14)15(2)21-8-22(29(36)11-28(21)35)17(4)25-10-26(33(40)13-32(25)39)18(5)24-9-23(16(20)3)30(37)12-31(24)38/h6-13,15-18,34-40H,1-5H3. The fourth-order valence-corrected chi connectivity index (χ4v) is 6.13. The van der Waals surface area contributed by atoms with Gasteiger partial charge in [0.25, 0.3) is 0 Å². The molecule has 0 aromatic heterocycles. The van der Waals surface area contributed by atoms with Crippen LogP contribution in [0.2, 0.25) is 0 Å². The second-order valence-corrected chi connectivity index (χ2v) is 11.1. The molecule has 0 amide bonds. The van der Waals surface area contributed by atoms with Crippen molar-refractivity contribution in [2.24, 2.45) is 0 Å². The molecule has 0 fully saturated rings. The van der Waals surface area contributed by atoms with Crippen molar-refractivity contribution in [3.05, 3.63) is 98.6 Å². The van der Waals surface area contributed by atoms with Crippen LogP contribution in [0.3, 0.4) is 0 Å². The van der Waals surface area contributed by atoms with Gasteiger partial charge in [0.2, 0.25) is 0 Å². The third-order valence-corrected chi connectivity index (χ3v) is 8.68. The average Bonchev–Trinajstić information content (AvgIpc) is 2.87. The molecule has 0 radical (unpaired) electrons. The second-order valence-electron chi connectivity index (χ2n) is 11.1. The van der Waals surface area contributed by atoms with Gasteiger partial charge in [0.05, 0.1) is 0 Å². The summed E-state index contributed by atoms with van der Waals surface area (Å²) in [6.07, 6.45) is 0. The minimum absolute atomic E-state index is 0.0502. The molecule has 0 saturated carbocycles. The predicted octanol–water partition coefficient (Wildman–Crippen LogP) is 6.85. The minimum atomic E-state index is -0.558. The lowest BCUT2D eigenvalue weighted by Gasteiger charge is -2.26. The van der Waals surface area contributed by atoms with Crippen LogP contribution >= 0.6 is 0 Å². The van der Waals surface area contributed by atoms with Crippen LogP contribution in [0.4, 0.5) is 0 Å². The fraction of sp³-hybridized carbons (Fsp3) is 0.273. The smallest absolute Gasteiger partial charge is 0.123 e. The summed E-state index contributed by atoms with van der Waals surface area (Å²) in [6.45, 7) is 9.24. The van der Waals surface area contributed by atoms with Gasteiger partial charge in [0, 0.05) is 80.8 Å². The van der Waals surface area contributed by atoms with Crippen molar-refractivity contribution < 1.29 is 35.7 Å². The molecule has 208 valence electrons. The van der Waals surface area contributed by atoms with Crippen molar-refractivity contribution >= 4 is 0 Å². The van der Waals surface area contributed by atoms with Crippen LogP contribution in [0.5, 0.6) is 40.2 Å². The van der Waals surface area contributed by atoms with Gasteiger partial charge in [-0.15, -0.1) is 0 Å². The lowest BCUT2D eigenvalue weighted by atomic mass is 9.80. The second kappa shape index (κ2) is 9.59. The fourth-order valence-electron chi connectivity index (χ4n) is 6.13. The van der Waals surface area contributed by atoms with Gasteiger partial charge < -0.3 is 35.7 Å². The predicted molar refractivity (Wildman–Crippen MR) is 152 cm³/mol. The zero-order valence-corrected chi connectivity index (χ0v) is 23.1. The van der Waals surface area contributed by atoms with Gasteiger partial charge in [-0.25, -0.2) is 0 Å². The highest BCUT2D eigenvalue weighted by Crippen LogP contribution is 2.48. The van der Waals surface area contributed by atoms with Crippen molar-refractivity contribution in [1.29, 1.82) is 0 Å². The van der Waals surface area contributed by atoms with Gasteiger partial charge in [0.1, 0.15) is 40.2 Å². The molecule has 5 rings (SSSR count). The van der Waals surface area contributed by atoms with Crippen molar-refractivity contribution in [3.63, 3.8) is 0 Å². The number of aromatic hydroxyl groups is 7. The molecule has 4 aromatic carbocycles. The van der Waals surface area contributed by atoms with E-state index in [1.54, 1.807) is 31.2 Å². The Kier molecular flexibility index (Phi) is 6.49. The molecule has 4 unspecified atom stereocenters. The number of rotatable bonds is 0. The molecule has 0 heterocycles. The van der Waals surface area contributed by atoms with Crippen LogP contribution in [0.1, 0.15) is 101 Å². The molecule has 7 nitrogen and oxygen atoms in total. The summed E-state index contributed by atoms with van der Waals surface area (Å²) < 4.78 is 0. The van der Waals surface area contributed by atoms with E-state index in [0.29, 0.717) is 38.9 Å². The molecule has 8 bridgehead atoms. The third kappa shape index (κ3) is 4.22. The van der Waals surface area contributed by atoms with E-state index in [1.165, 1.54) is 18.2 Å². The summed E-state index contributed by atoms with van der Waals surface area (Å²) in [5.41, 5.74) is 5.03. The molecule has 0 aliphatic heterocycles. The van der Waals surface area contributed by atoms with E-state index in [1.807, 2.05) is 33.8 Å². The minimum Gasteiger partial charge on any atom is -0.508 e. The van der Waals surface area contributed by atoms with E-state index in [0.717, 1.165) is 11.1 Å². The van der Waals surface area contributed by atoms with Gasteiger partial charge in [-0.05, 0) is 42.3 Å². The summed E-state index contributed by atoms with van der Waals surface area (Å²) in [6, 6.07) is 12.4. The SMILES string of the molecule is Cc1cc(O)c2cc1C(C)c1cc(c(O)cc1O)C(C)c1cc(c(O)cc1O)C(C)c1cc(c(O)cc1O)C2C. The third-order valence-electron chi connectivity index (χ3n) is 8.68. The van der Waals surface area contributed by atoms with Gasteiger partial charge in [-0.3, -0.25) is 0 Å². The summed E-state index contributed by atoms with van der Waals surface area (Å²) in [7, 11) is 0. The van der Waals surface area contributed by atoms with Crippen LogP contribution in [0, 0.1) is 6.92 Å². The first-order chi connectivity index (χ1) is 18.8. The Hall–Kier alpha value is -4.52. The number of phenolic OH excluding ortho intramolecular Hbond substituents is 7. The molecule has 0 spiro atoms. The summed E-state index contributed by atoms with van der Waals surface area (Å²) in [5.74, 6) is -2.73. The first kappa shape index (κ1) is 27.1. The Morgan fingerprint density at radius 1 is 0.325 bits per heavy atom. The van der Waals surface area contributed by atoms with Crippen LogP contribution in [0.15, 0.2) is 48.5 Å². The molecule has 4 atom stereocenters. The van der Waals surface area contributed by atoms with Gasteiger partial charge in [0.15, 0.2) is 0 Å². The first-order valence-corrected chi connectivity index (χ1v) is 13.3. The monoisotopic (exact) mass is 542 g/mol. The number of aryl methyl sites for hydroxylation is 1. The van der Waals surface area contributed by atoms with Crippen LogP contribution in [0.25, 0.3) is 0 Å². The Morgan fingerprint density at radius 2 is 0.525 bits per heavy atom. The molecular weight excluding hydrogens is 508 g/mol. The molecule has 40 heavy (non-hydrogen) atoms. The first-order valence-electron chi connectivity index (χ1n) is 13.3. The van der Waals surface area contributed by atoms with Gasteiger partial charge in [-0.2, -0.15) is 0 Å². The van der Waals surface area contributed by atoms with Crippen molar-refractivity contribution in [1.82, 2.24) is 0 Å². The summed E-state index contributed by atoms with van der Waals surface area (Å²) in [5, 5.41) is 76.1. The molecule has 0 saturated heterocycles. The number of fused-ring (bicyclic) bond motifs is 8. The van der Waals surface area contributed by atoms with Gasteiger partial charge in [-0.1, -0.05) is 33.8 Å². The van der Waals surface area contributed by atoms with Crippen LogP contribution in [-0.2, 0) is 0 Å². The Labute approximate surface area is 232 Å². The molecule has 7 heteroatoms. The van der Waals surface area contributed by atoms with Crippen molar-refractivity contribution in [2.75, 3.05) is 0 Å². The number of hydrogen-bond acceptors (Lipinski definition) is 7. The quantitative estimate of drug-likeness (QED) is 0.129. The zero-order valence-electron chi connectivity index (χ0n) is 23.1. The number of hydrogen-bond donors (Lipinski definition) is 7. The number of phenols is 7. The van der Waals surface area contributed by atoms with Crippen molar-refractivity contribution in [3.8, 4) is 40.2 Å². The maximum Gasteiger partial charge on any atom is 0.123 e. The normalized spacial score (nSPS) is 20.3. The Morgan fingerprint density at radius 3 is 0.800 bits per heavy atom. The van der Waals surface area contributed by atoms with E-state index in [2.05, 4.69) is 0 Å². The van der Waals surface area contributed by atoms with E-state index < -0.39 is 17.8 Å². The highest BCUT2D eigenvalue weighted by molar-refractivity contribution is 5.60. The van der Waals surface area contributed by atoms with E-state index in [9.17, 15) is 35.7 Å². The largest absolute Gasteiger partial charge is 0.508 e. The highest BCUT2D eigenvalue weighted by atomic mass is 16.3. The van der Waals surface area contributed by atoms with E-state index >= 15 is 0 Å². The Bertz CT molecular complexity index is 1310. The molecule has 7 N–H and O–H groups in total. The lowest BCUT2D eigenvalue weighted by molar-refractivity contribution is 0.431. The summed E-state index contributed by atoms with van der Waals surface area (Å²) >= 11 is 0. The van der Waals surface area contributed by atoms with E-state index in [-0.39, 0.29) is 46.2 Å². The average molecular weight is 543 g/mol. The topological polar surface area (TPSA) is 142 Å². The highest BCUT2D eigenvalue weighted by Gasteiger charge is 2.28. The van der Waals surface area contributed by atoms with Crippen LogP contribution in [-0.4, -0.2) is 35.7 Å². The maximum atomic E-state index is 11.0. The van der Waals surface area contributed by atoms with E-state index in [4.69, 9.17) is 0 Å². The zero-order chi connectivity index (χ0) is 29.2. The van der Waals surface area contributed by atoms with Crippen molar-refractivity contribution in [2.45, 2.75) is 58.3 Å². The lowest BCUT2D eigenvalue weighted by Crippen LogP contribution is -2.08. The molecule has 4 aromatic rings. The summed E-state index contributed by atoms with van der Waals surface area (Å²) in [4.78, 5) is 0. The van der Waals surface area contributed by atoms with Crippen LogP contribution < -0.4 is 0 Å². The molecular formula is C33H34O7. The Balaban J connectivity index is 1.88. The molecule has 1 aliphatic carbocycles. The van der Waals surface area contributed by atoms with Gasteiger partial charge >= 0.3 is 0 Å². The maximum absolute atomic E-state index is 11.0. The number of benzene rings is 4. The molecule has 1 aliphatic rings.